The molecule has 1 aromatic rings. The number of nitrogens with one attached hydrogen (secondary N) is 1. The number of pyridine rings is 1. The molecule has 2 heteroatoms. The average Bonchev–Trinajstić information content (AvgIpc) is 2.46. The molecule has 0 unspecified atom stereocenters. The highest BCUT2D eigenvalue weighted by Crippen LogP contribution is 2.10. The summed E-state index contributed by atoms with van der Waals surface area (Å²) in [4.78, 5) is 4.09. The molecule has 0 fully saturated rings. The van der Waals surface area contributed by atoms with E-state index >= 15 is 0 Å². The fourth-order valence-corrected chi connectivity index (χ4v) is 2.31. The van der Waals surface area contributed by atoms with Gasteiger partial charge in [0, 0.05) is 18.9 Å². The summed E-state index contributed by atoms with van der Waals surface area (Å²) in [7, 11) is 0. The first-order valence-corrected chi connectivity index (χ1v) is 8.07. The molecule has 0 bridgehead atoms. The van der Waals surface area contributed by atoms with Gasteiger partial charge in [-0.1, -0.05) is 64.7 Å². The van der Waals surface area contributed by atoms with Crippen LogP contribution in [-0.4, -0.2) is 11.5 Å². The third-order valence-corrected chi connectivity index (χ3v) is 3.52. The van der Waals surface area contributed by atoms with E-state index in [-0.39, 0.29) is 0 Å². The van der Waals surface area contributed by atoms with Gasteiger partial charge in [0.1, 0.15) is 0 Å². The van der Waals surface area contributed by atoms with Crippen LogP contribution < -0.4 is 5.32 Å². The fourth-order valence-electron chi connectivity index (χ4n) is 2.31. The Bertz CT molecular complexity index is 285. The van der Waals surface area contributed by atoms with Crippen LogP contribution in [0.2, 0.25) is 0 Å². The van der Waals surface area contributed by atoms with Crippen LogP contribution in [0.1, 0.15) is 71.1 Å². The maximum atomic E-state index is 4.09. The van der Waals surface area contributed by atoms with E-state index in [1.807, 2.05) is 18.5 Å². The van der Waals surface area contributed by atoms with Crippen LogP contribution in [-0.2, 0) is 0 Å². The third kappa shape index (κ3) is 9.52. The Morgan fingerprint density at radius 2 is 1.53 bits per heavy atom. The van der Waals surface area contributed by atoms with Crippen molar-refractivity contribution in [1.29, 1.82) is 0 Å². The van der Waals surface area contributed by atoms with Gasteiger partial charge in [-0.05, 0) is 18.6 Å². The SMILES string of the molecule is CCCCCCCCCCCCNc1cccnc1. The van der Waals surface area contributed by atoms with Gasteiger partial charge < -0.3 is 5.32 Å². The minimum absolute atomic E-state index is 1.07. The van der Waals surface area contributed by atoms with E-state index < -0.39 is 0 Å². The molecule has 1 heterocycles. The van der Waals surface area contributed by atoms with Crippen molar-refractivity contribution in [3.8, 4) is 0 Å². The number of aromatic nitrogens is 1. The first-order valence-electron chi connectivity index (χ1n) is 8.07. The van der Waals surface area contributed by atoms with Crippen LogP contribution >= 0.6 is 0 Å². The molecule has 0 aliphatic rings. The number of nitrogens with zero attached hydrogens (tertiary/aromatic N) is 1. The maximum Gasteiger partial charge on any atom is 0.0526 e. The van der Waals surface area contributed by atoms with E-state index in [2.05, 4.69) is 23.3 Å². The van der Waals surface area contributed by atoms with Crippen LogP contribution in [0.15, 0.2) is 24.5 Å². The van der Waals surface area contributed by atoms with E-state index in [9.17, 15) is 0 Å². The first-order chi connectivity index (χ1) is 9.43. The Labute approximate surface area is 119 Å². The number of unbranched alkanes of at least 4 members (excludes halogenated alkanes) is 9. The third-order valence-electron chi connectivity index (χ3n) is 3.52. The Morgan fingerprint density at radius 3 is 2.11 bits per heavy atom. The lowest BCUT2D eigenvalue weighted by Gasteiger charge is -2.05. The molecule has 0 aliphatic heterocycles. The van der Waals surface area contributed by atoms with Crippen molar-refractivity contribution in [3.63, 3.8) is 0 Å². The zero-order chi connectivity index (χ0) is 13.6. The van der Waals surface area contributed by atoms with Gasteiger partial charge in [0.05, 0.1) is 5.69 Å². The Morgan fingerprint density at radius 1 is 0.895 bits per heavy atom. The zero-order valence-corrected chi connectivity index (χ0v) is 12.5. The highest BCUT2D eigenvalue weighted by Gasteiger charge is 1.93. The zero-order valence-electron chi connectivity index (χ0n) is 12.5. The summed E-state index contributed by atoms with van der Waals surface area (Å²) < 4.78 is 0. The summed E-state index contributed by atoms with van der Waals surface area (Å²) in [6.45, 7) is 3.35. The van der Waals surface area contributed by atoms with Gasteiger partial charge in [-0.3, -0.25) is 4.98 Å². The van der Waals surface area contributed by atoms with Crippen molar-refractivity contribution >= 4 is 5.69 Å². The summed E-state index contributed by atoms with van der Waals surface area (Å²) in [6.07, 6.45) is 17.6. The predicted octanol–water partition coefficient (Wildman–Crippen LogP) is 5.41. The largest absolute Gasteiger partial charge is 0.384 e. The lowest BCUT2D eigenvalue weighted by molar-refractivity contribution is 0.560. The minimum Gasteiger partial charge on any atom is -0.384 e. The summed E-state index contributed by atoms with van der Waals surface area (Å²) >= 11 is 0. The number of anilines is 1. The van der Waals surface area contributed by atoms with Crippen molar-refractivity contribution < 1.29 is 0 Å². The Hall–Kier alpha value is -1.05. The Kier molecular flexibility index (Phi) is 10.1. The van der Waals surface area contributed by atoms with Gasteiger partial charge in [0.15, 0.2) is 0 Å². The van der Waals surface area contributed by atoms with Gasteiger partial charge in [0.25, 0.3) is 0 Å². The molecule has 1 aromatic heterocycles. The van der Waals surface area contributed by atoms with E-state index in [1.54, 1.807) is 0 Å². The molecule has 108 valence electrons. The quantitative estimate of drug-likeness (QED) is 0.509. The molecule has 0 saturated heterocycles. The minimum atomic E-state index is 1.07. The smallest absolute Gasteiger partial charge is 0.0526 e. The lowest BCUT2D eigenvalue weighted by Crippen LogP contribution is -2.01. The molecule has 0 amide bonds. The predicted molar refractivity (Wildman–Crippen MR) is 84.6 cm³/mol. The average molecular weight is 262 g/mol. The van der Waals surface area contributed by atoms with Crippen LogP contribution in [0.3, 0.4) is 0 Å². The molecule has 2 nitrogen and oxygen atoms in total. The molecule has 1 N–H and O–H groups in total. The standard InChI is InChI=1S/C17H30N2/c1-2-3-4-5-6-7-8-9-10-11-15-19-17-13-12-14-18-16-17/h12-14,16,19H,2-11,15H2,1H3. The van der Waals surface area contributed by atoms with Crippen LogP contribution in [0, 0.1) is 0 Å². The molecular weight excluding hydrogens is 232 g/mol. The van der Waals surface area contributed by atoms with Crippen molar-refractivity contribution in [1.82, 2.24) is 4.98 Å². The van der Waals surface area contributed by atoms with Crippen molar-refractivity contribution in [2.45, 2.75) is 71.1 Å². The van der Waals surface area contributed by atoms with Gasteiger partial charge in [0.2, 0.25) is 0 Å². The van der Waals surface area contributed by atoms with Crippen molar-refractivity contribution in [2.24, 2.45) is 0 Å². The van der Waals surface area contributed by atoms with Crippen molar-refractivity contribution in [3.05, 3.63) is 24.5 Å². The molecule has 19 heavy (non-hydrogen) atoms. The normalized spacial score (nSPS) is 10.6. The second-order valence-corrected chi connectivity index (χ2v) is 5.35. The van der Waals surface area contributed by atoms with Gasteiger partial charge in [-0.25, -0.2) is 0 Å². The maximum absolute atomic E-state index is 4.09. The van der Waals surface area contributed by atoms with Crippen LogP contribution in [0.4, 0.5) is 5.69 Å². The van der Waals surface area contributed by atoms with Gasteiger partial charge >= 0.3 is 0 Å². The van der Waals surface area contributed by atoms with Crippen molar-refractivity contribution in [2.75, 3.05) is 11.9 Å². The summed E-state index contributed by atoms with van der Waals surface area (Å²) in [5.41, 5.74) is 1.14. The highest BCUT2D eigenvalue weighted by atomic mass is 14.9. The molecule has 1 rings (SSSR count). The lowest BCUT2D eigenvalue weighted by atomic mass is 10.1. The molecule has 0 aromatic carbocycles. The summed E-state index contributed by atoms with van der Waals surface area (Å²) in [5, 5.41) is 3.41. The molecule has 0 aliphatic carbocycles. The number of rotatable bonds is 12. The second-order valence-electron chi connectivity index (χ2n) is 5.35. The monoisotopic (exact) mass is 262 g/mol. The molecule has 0 atom stereocenters. The van der Waals surface area contributed by atoms with Gasteiger partial charge in [-0.2, -0.15) is 0 Å². The molecule has 0 saturated carbocycles. The number of hydrogen-bond acceptors (Lipinski definition) is 2. The first kappa shape index (κ1) is 16.0. The highest BCUT2D eigenvalue weighted by molar-refractivity contribution is 5.39. The van der Waals surface area contributed by atoms with E-state index in [1.165, 1.54) is 64.2 Å². The molecule has 0 spiro atoms. The molecule has 0 radical (unpaired) electrons. The fraction of sp³-hybridized carbons (Fsp3) is 0.706. The van der Waals surface area contributed by atoms with Crippen LogP contribution in [0.25, 0.3) is 0 Å². The van der Waals surface area contributed by atoms with E-state index in [0.29, 0.717) is 0 Å². The second kappa shape index (κ2) is 12.0. The Balaban J connectivity index is 1.79. The topological polar surface area (TPSA) is 24.9 Å². The summed E-state index contributed by atoms with van der Waals surface area (Å²) in [6, 6.07) is 4.05. The molecular formula is C17H30N2. The summed E-state index contributed by atoms with van der Waals surface area (Å²) in [5.74, 6) is 0. The number of hydrogen-bond donors (Lipinski definition) is 1. The van der Waals surface area contributed by atoms with Gasteiger partial charge in [-0.15, -0.1) is 0 Å². The van der Waals surface area contributed by atoms with E-state index in [0.717, 1.165) is 12.2 Å². The van der Waals surface area contributed by atoms with E-state index in [4.69, 9.17) is 0 Å². The van der Waals surface area contributed by atoms with Crippen LogP contribution in [0.5, 0.6) is 0 Å².